The minimum Gasteiger partial charge on any atom is -0.490 e. The fraction of sp³-hybridized carbons (Fsp3) is 0.286. The SMILES string of the molecule is CCOc1ccc(CCNC(=O)C(=O)Nc2ccc(C(N)=O)cc2)cc1OCC. The summed E-state index contributed by atoms with van der Waals surface area (Å²) in [5.41, 5.74) is 6.81. The first-order valence-electron chi connectivity index (χ1n) is 9.32. The van der Waals surface area contributed by atoms with Gasteiger partial charge in [0.15, 0.2) is 11.5 Å². The van der Waals surface area contributed by atoms with Crippen LogP contribution in [0.5, 0.6) is 11.5 Å². The highest BCUT2D eigenvalue weighted by atomic mass is 16.5. The Morgan fingerprint density at radius 3 is 2.17 bits per heavy atom. The van der Waals surface area contributed by atoms with Crippen LogP contribution in [0.4, 0.5) is 5.69 Å². The minimum atomic E-state index is -0.793. The van der Waals surface area contributed by atoms with Crippen LogP contribution in [0.1, 0.15) is 29.8 Å². The van der Waals surface area contributed by atoms with Gasteiger partial charge in [0.25, 0.3) is 0 Å². The highest BCUT2D eigenvalue weighted by molar-refractivity contribution is 6.39. The van der Waals surface area contributed by atoms with Gasteiger partial charge in [0, 0.05) is 17.8 Å². The monoisotopic (exact) mass is 399 g/mol. The molecule has 0 aliphatic heterocycles. The van der Waals surface area contributed by atoms with E-state index in [1.54, 1.807) is 0 Å². The number of hydrogen-bond acceptors (Lipinski definition) is 5. The van der Waals surface area contributed by atoms with E-state index in [1.165, 1.54) is 24.3 Å². The summed E-state index contributed by atoms with van der Waals surface area (Å²) in [4.78, 5) is 35.0. The van der Waals surface area contributed by atoms with Crippen LogP contribution in [0.15, 0.2) is 42.5 Å². The summed E-state index contributed by atoms with van der Waals surface area (Å²) in [6.45, 7) is 5.13. The lowest BCUT2D eigenvalue weighted by molar-refractivity contribution is -0.136. The zero-order valence-electron chi connectivity index (χ0n) is 16.5. The average molecular weight is 399 g/mol. The lowest BCUT2D eigenvalue weighted by Crippen LogP contribution is -2.36. The summed E-state index contributed by atoms with van der Waals surface area (Å²) in [5, 5.41) is 5.04. The molecule has 3 amide bonds. The maximum atomic E-state index is 12.0. The first kappa shape index (κ1) is 21.7. The molecular weight excluding hydrogens is 374 g/mol. The Balaban J connectivity index is 1.86. The molecule has 0 heterocycles. The number of amides is 3. The van der Waals surface area contributed by atoms with Crippen molar-refractivity contribution in [2.45, 2.75) is 20.3 Å². The Labute approximate surface area is 169 Å². The normalized spacial score (nSPS) is 10.1. The van der Waals surface area contributed by atoms with Crippen molar-refractivity contribution in [2.24, 2.45) is 5.73 Å². The van der Waals surface area contributed by atoms with Gasteiger partial charge >= 0.3 is 11.8 Å². The van der Waals surface area contributed by atoms with E-state index in [1.807, 2.05) is 32.0 Å². The first-order valence-corrected chi connectivity index (χ1v) is 9.32. The number of carbonyl (C=O) groups is 3. The Kier molecular flexibility index (Phi) is 8.02. The Bertz CT molecular complexity index is 865. The molecule has 0 aromatic heterocycles. The summed E-state index contributed by atoms with van der Waals surface area (Å²) >= 11 is 0. The van der Waals surface area contributed by atoms with Crippen LogP contribution >= 0.6 is 0 Å². The zero-order chi connectivity index (χ0) is 21.2. The summed E-state index contributed by atoms with van der Waals surface area (Å²) < 4.78 is 11.1. The van der Waals surface area contributed by atoms with Crippen LogP contribution in [0.3, 0.4) is 0 Å². The van der Waals surface area contributed by atoms with E-state index in [9.17, 15) is 14.4 Å². The van der Waals surface area contributed by atoms with Crippen molar-refractivity contribution in [2.75, 3.05) is 25.1 Å². The largest absolute Gasteiger partial charge is 0.490 e. The molecular formula is C21H25N3O5. The Hall–Kier alpha value is -3.55. The number of carbonyl (C=O) groups excluding carboxylic acids is 3. The van der Waals surface area contributed by atoms with Crippen molar-refractivity contribution in [1.29, 1.82) is 0 Å². The molecule has 0 saturated carbocycles. The molecule has 29 heavy (non-hydrogen) atoms. The van der Waals surface area contributed by atoms with Crippen LogP contribution in [-0.2, 0) is 16.0 Å². The number of primary amides is 1. The molecule has 2 rings (SSSR count). The lowest BCUT2D eigenvalue weighted by atomic mass is 10.1. The molecule has 0 fully saturated rings. The average Bonchev–Trinajstić information content (AvgIpc) is 2.70. The molecule has 8 heteroatoms. The summed E-state index contributed by atoms with van der Waals surface area (Å²) in [6, 6.07) is 11.5. The predicted octanol–water partition coefficient (Wildman–Crippen LogP) is 1.88. The van der Waals surface area contributed by atoms with Crippen LogP contribution in [0.25, 0.3) is 0 Å². The maximum absolute atomic E-state index is 12.0. The van der Waals surface area contributed by atoms with E-state index >= 15 is 0 Å². The maximum Gasteiger partial charge on any atom is 0.313 e. The molecule has 4 N–H and O–H groups in total. The number of benzene rings is 2. The molecule has 0 atom stereocenters. The van der Waals surface area contributed by atoms with E-state index in [0.29, 0.717) is 42.4 Å². The van der Waals surface area contributed by atoms with Crippen LogP contribution < -0.4 is 25.8 Å². The molecule has 0 bridgehead atoms. The van der Waals surface area contributed by atoms with Crippen molar-refractivity contribution in [3.05, 3.63) is 53.6 Å². The molecule has 0 aliphatic rings. The number of rotatable bonds is 9. The smallest absolute Gasteiger partial charge is 0.313 e. The Morgan fingerprint density at radius 2 is 1.55 bits per heavy atom. The van der Waals surface area contributed by atoms with Crippen LogP contribution in [0, 0.1) is 0 Å². The van der Waals surface area contributed by atoms with Crippen molar-refractivity contribution in [1.82, 2.24) is 5.32 Å². The van der Waals surface area contributed by atoms with Crippen molar-refractivity contribution in [3.63, 3.8) is 0 Å². The second-order valence-electron chi connectivity index (χ2n) is 6.05. The van der Waals surface area contributed by atoms with E-state index in [2.05, 4.69) is 10.6 Å². The highest BCUT2D eigenvalue weighted by Crippen LogP contribution is 2.28. The molecule has 2 aromatic rings. The number of ether oxygens (including phenoxy) is 2. The van der Waals surface area contributed by atoms with Crippen molar-refractivity contribution in [3.8, 4) is 11.5 Å². The van der Waals surface area contributed by atoms with E-state index in [0.717, 1.165) is 5.56 Å². The highest BCUT2D eigenvalue weighted by Gasteiger charge is 2.14. The van der Waals surface area contributed by atoms with Gasteiger partial charge in [-0.25, -0.2) is 0 Å². The van der Waals surface area contributed by atoms with Gasteiger partial charge < -0.3 is 25.8 Å². The van der Waals surface area contributed by atoms with Crippen molar-refractivity contribution >= 4 is 23.4 Å². The van der Waals surface area contributed by atoms with Crippen LogP contribution in [0.2, 0.25) is 0 Å². The van der Waals surface area contributed by atoms with Gasteiger partial charge in [0.2, 0.25) is 5.91 Å². The fourth-order valence-electron chi connectivity index (χ4n) is 2.56. The van der Waals surface area contributed by atoms with E-state index in [4.69, 9.17) is 15.2 Å². The molecule has 0 saturated heterocycles. The quantitative estimate of drug-likeness (QED) is 0.556. The topological polar surface area (TPSA) is 120 Å². The number of nitrogens with two attached hydrogens (primary N) is 1. The standard InChI is InChI=1S/C21H25N3O5/c1-3-28-17-10-5-14(13-18(17)29-4-2)11-12-23-20(26)21(27)24-16-8-6-15(7-9-16)19(22)25/h5-10,13H,3-4,11-12H2,1-2H3,(H2,22,25)(H,23,26)(H,24,27). The molecule has 8 nitrogen and oxygen atoms in total. The summed E-state index contributed by atoms with van der Waals surface area (Å²) in [5.74, 6) is -0.792. The van der Waals surface area contributed by atoms with E-state index < -0.39 is 17.7 Å². The van der Waals surface area contributed by atoms with Gasteiger partial charge in [-0.05, 0) is 62.2 Å². The van der Waals surface area contributed by atoms with Gasteiger partial charge in [-0.2, -0.15) is 0 Å². The van der Waals surface area contributed by atoms with Gasteiger partial charge in [-0.15, -0.1) is 0 Å². The van der Waals surface area contributed by atoms with Gasteiger partial charge in [0.05, 0.1) is 13.2 Å². The number of hydrogen-bond donors (Lipinski definition) is 3. The third-order valence-electron chi connectivity index (χ3n) is 3.94. The first-order chi connectivity index (χ1) is 13.9. The van der Waals surface area contributed by atoms with Gasteiger partial charge in [-0.1, -0.05) is 6.07 Å². The summed E-state index contributed by atoms with van der Waals surface area (Å²) in [7, 11) is 0. The fourth-order valence-corrected chi connectivity index (χ4v) is 2.56. The molecule has 2 aromatic carbocycles. The van der Waals surface area contributed by atoms with E-state index in [-0.39, 0.29) is 6.54 Å². The molecule has 0 spiro atoms. The molecule has 154 valence electrons. The van der Waals surface area contributed by atoms with Gasteiger partial charge in [-0.3, -0.25) is 14.4 Å². The predicted molar refractivity (Wildman–Crippen MR) is 109 cm³/mol. The zero-order valence-corrected chi connectivity index (χ0v) is 16.5. The molecule has 0 unspecified atom stereocenters. The molecule has 0 aliphatic carbocycles. The molecule has 0 radical (unpaired) electrons. The third kappa shape index (κ3) is 6.53. The number of nitrogens with one attached hydrogen (secondary N) is 2. The van der Waals surface area contributed by atoms with Crippen molar-refractivity contribution < 1.29 is 23.9 Å². The minimum absolute atomic E-state index is 0.284. The lowest BCUT2D eigenvalue weighted by Gasteiger charge is -2.12. The van der Waals surface area contributed by atoms with Gasteiger partial charge in [0.1, 0.15) is 0 Å². The second kappa shape index (κ2) is 10.7. The second-order valence-corrected chi connectivity index (χ2v) is 6.05. The summed E-state index contributed by atoms with van der Waals surface area (Å²) in [6.07, 6.45) is 0.527. The number of anilines is 1. The Morgan fingerprint density at radius 1 is 0.897 bits per heavy atom. The van der Waals surface area contributed by atoms with Crippen LogP contribution in [-0.4, -0.2) is 37.5 Å². The third-order valence-corrected chi connectivity index (χ3v) is 3.94.